The van der Waals surface area contributed by atoms with E-state index in [1.165, 1.54) is 6.07 Å². The SMILES string of the molecule is O=C(CNc1ccc(NC(=O)c2ccccc2)cc1C(F)(F)F)Nc1ccccc1C(=O)NC1CC1. The zero-order valence-corrected chi connectivity index (χ0v) is 19.0. The highest BCUT2D eigenvalue weighted by atomic mass is 19.4. The summed E-state index contributed by atoms with van der Waals surface area (Å²) < 4.78 is 41.1. The Balaban J connectivity index is 1.43. The van der Waals surface area contributed by atoms with E-state index in [1.807, 2.05) is 0 Å². The van der Waals surface area contributed by atoms with Crippen LogP contribution >= 0.6 is 0 Å². The second-order valence-corrected chi connectivity index (χ2v) is 8.27. The van der Waals surface area contributed by atoms with Gasteiger partial charge in [0.1, 0.15) is 0 Å². The highest BCUT2D eigenvalue weighted by Crippen LogP contribution is 2.36. The number of carbonyl (C=O) groups excluding carboxylic acids is 3. The standard InChI is InChI=1S/C26H23F3N4O3/c27-26(28,29)20-14-18(32-24(35)16-6-2-1-3-7-16)12-13-22(20)30-15-23(34)33-21-9-5-4-8-19(21)25(36)31-17-10-11-17/h1-9,12-14,17,30H,10-11,15H2,(H,31,36)(H,32,35)(H,33,34). The van der Waals surface area contributed by atoms with Gasteiger partial charge in [0.25, 0.3) is 11.8 Å². The number of hydrogen-bond donors (Lipinski definition) is 4. The van der Waals surface area contributed by atoms with Gasteiger partial charge in [-0.3, -0.25) is 14.4 Å². The maximum atomic E-state index is 13.7. The van der Waals surface area contributed by atoms with E-state index in [0.29, 0.717) is 5.56 Å². The number of carbonyl (C=O) groups is 3. The van der Waals surface area contributed by atoms with E-state index in [-0.39, 0.29) is 34.6 Å². The summed E-state index contributed by atoms with van der Waals surface area (Å²) in [6.45, 7) is -0.475. The molecule has 1 aliphatic rings. The molecular weight excluding hydrogens is 473 g/mol. The van der Waals surface area contributed by atoms with Gasteiger partial charge in [-0.1, -0.05) is 30.3 Å². The third-order valence-electron chi connectivity index (χ3n) is 5.42. The lowest BCUT2D eigenvalue weighted by Gasteiger charge is -2.17. The van der Waals surface area contributed by atoms with E-state index >= 15 is 0 Å². The van der Waals surface area contributed by atoms with Gasteiger partial charge in [0, 0.05) is 23.0 Å². The Labute approximate surface area is 205 Å². The Bertz CT molecular complexity index is 1270. The van der Waals surface area contributed by atoms with Crippen molar-refractivity contribution in [2.45, 2.75) is 25.1 Å². The Hall–Kier alpha value is -4.34. The lowest BCUT2D eigenvalue weighted by atomic mass is 10.1. The number of halogens is 3. The highest BCUT2D eigenvalue weighted by Gasteiger charge is 2.34. The molecule has 0 bridgehead atoms. The number of nitrogens with one attached hydrogen (secondary N) is 4. The predicted molar refractivity (Wildman–Crippen MR) is 130 cm³/mol. The maximum Gasteiger partial charge on any atom is 0.418 e. The Morgan fingerprint density at radius 2 is 1.50 bits per heavy atom. The van der Waals surface area contributed by atoms with Crippen molar-refractivity contribution in [1.29, 1.82) is 0 Å². The van der Waals surface area contributed by atoms with Gasteiger partial charge in [0.2, 0.25) is 5.91 Å². The van der Waals surface area contributed by atoms with Crippen molar-refractivity contribution in [2.24, 2.45) is 0 Å². The molecule has 0 spiro atoms. The first kappa shape index (κ1) is 24.8. The number of alkyl halides is 3. The molecule has 3 aromatic carbocycles. The second kappa shape index (κ2) is 10.5. The summed E-state index contributed by atoms with van der Waals surface area (Å²) in [4.78, 5) is 37.2. The van der Waals surface area contributed by atoms with Crippen LogP contribution in [-0.4, -0.2) is 30.3 Å². The van der Waals surface area contributed by atoms with Gasteiger partial charge in [0.15, 0.2) is 0 Å². The Kier molecular flexibility index (Phi) is 7.23. The van der Waals surface area contributed by atoms with Crippen LogP contribution in [0.15, 0.2) is 72.8 Å². The first-order valence-electron chi connectivity index (χ1n) is 11.2. The normalized spacial score (nSPS) is 13.0. The summed E-state index contributed by atoms with van der Waals surface area (Å²) in [6.07, 6.45) is -2.93. The second-order valence-electron chi connectivity index (χ2n) is 8.27. The van der Waals surface area contributed by atoms with E-state index < -0.39 is 30.1 Å². The van der Waals surface area contributed by atoms with Crippen LogP contribution in [0.25, 0.3) is 0 Å². The molecule has 1 saturated carbocycles. The van der Waals surface area contributed by atoms with Gasteiger partial charge in [-0.15, -0.1) is 0 Å². The lowest BCUT2D eigenvalue weighted by Crippen LogP contribution is -2.28. The minimum Gasteiger partial charge on any atom is -0.376 e. The zero-order valence-electron chi connectivity index (χ0n) is 19.0. The predicted octanol–water partition coefficient (Wildman–Crippen LogP) is 4.90. The van der Waals surface area contributed by atoms with Crippen molar-refractivity contribution < 1.29 is 27.6 Å². The Morgan fingerprint density at radius 3 is 2.19 bits per heavy atom. The molecule has 0 saturated heterocycles. The Morgan fingerprint density at radius 1 is 0.806 bits per heavy atom. The van der Waals surface area contributed by atoms with Crippen LogP contribution < -0.4 is 21.3 Å². The molecule has 0 radical (unpaired) electrons. The minimum absolute atomic E-state index is 0.0400. The topological polar surface area (TPSA) is 99.3 Å². The van der Waals surface area contributed by atoms with Crippen LogP contribution in [0.4, 0.5) is 30.2 Å². The van der Waals surface area contributed by atoms with Crippen molar-refractivity contribution >= 4 is 34.8 Å². The van der Waals surface area contributed by atoms with Crippen molar-refractivity contribution in [2.75, 3.05) is 22.5 Å². The summed E-state index contributed by atoms with van der Waals surface area (Å²) in [5, 5.41) is 10.3. The molecule has 1 aliphatic carbocycles. The van der Waals surface area contributed by atoms with Gasteiger partial charge in [-0.25, -0.2) is 0 Å². The maximum absolute atomic E-state index is 13.7. The van der Waals surface area contributed by atoms with Gasteiger partial charge >= 0.3 is 6.18 Å². The van der Waals surface area contributed by atoms with E-state index in [2.05, 4.69) is 21.3 Å². The molecule has 0 aromatic heterocycles. The number of benzene rings is 3. The molecule has 3 amide bonds. The smallest absolute Gasteiger partial charge is 0.376 e. The van der Waals surface area contributed by atoms with Crippen LogP contribution in [0.2, 0.25) is 0 Å². The first-order chi connectivity index (χ1) is 17.2. The van der Waals surface area contributed by atoms with Gasteiger partial charge in [-0.2, -0.15) is 13.2 Å². The quantitative estimate of drug-likeness (QED) is 0.357. The molecule has 3 aromatic rings. The van der Waals surface area contributed by atoms with Crippen molar-refractivity contribution in [1.82, 2.24) is 5.32 Å². The molecule has 0 heterocycles. The van der Waals surface area contributed by atoms with Crippen LogP contribution in [0, 0.1) is 0 Å². The number of amides is 3. The average molecular weight is 496 g/mol. The molecule has 10 heteroatoms. The zero-order chi connectivity index (χ0) is 25.7. The molecule has 36 heavy (non-hydrogen) atoms. The van der Waals surface area contributed by atoms with Gasteiger partial charge < -0.3 is 21.3 Å². The fourth-order valence-corrected chi connectivity index (χ4v) is 3.45. The van der Waals surface area contributed by atoms with Crippen LogP contribution in [-0.2, 0) is 11.0 Å². The van der Waals surface area contributed by atoms with Gasteiger partial charge in [0.05, 0.1) is 23.4 Å². The monoisotopic (exact) mass is 496 g/mol. The first-order valence-corrected chi connectivity index (χ1v) is 11.2. The lowest BCUT2D eigenvalue weighted by molar-refractivity contribution is -0.137. The molecule has 1 fully saturated rings. The highest BCUT2D eigenvalue weighted by molar-refractivity contribution is 6.05. The van der Waals surface area contributed by atoms with Crippen molar-refractivity contribution in [3.8, 4) is 0 Å². The van der Waals surface area contributed by atoms with E-state index in [4.69, 9.17) is 0 Å². The fraction of sp³-hybridized carbons (Fsp3) is 0.192. The van der Waals surface area contributed by atoms with Crippen molar-refractivity contribution in [3.05, 3.63) is 89.5 Å². The number of rotatable bonds is 8. The third kappa shape index (κ3) is 6.41. The molecule has 7 nitrogen and oxygen atoms in total. The van der Waals surface area contributed by atoms with Crippen LogP contribution in [0.5, 0.6) is 0 Å². The average Bonchev–Trinajstić information content (AvgIpc) is 3.67. The van der Waals surface area contributed by atoms with Crippen molar-refractivity contribution in [3.63, 3.8) is 0 Å². The number of para-hydroxylation sites is 1. The number of anilines is 3. The summed E-state index contributed by atoms with van der Waals surface area (Å²) in [6, 6.07) is 17.9. The van der Waals surface area contributed by atoms with Gasteiger partial charge in [-0.05, 0) is 55.3 Å². The van der Waals surface area contributed by atoms with E-state index in [9.17, 15) is 27.6 Å². The fourth-order valence-electron chi connectivity index (χ4n) is 3.45. The molecule has 0 unspecified atom stereocenters. The summed E-state index contributed by atoms with van der Waals surface area (Å²) >= 11 is 0. The number of hydrogen-bond acceptors (Lipinski definition) is 4. The minimum atomic E-state index is -4.74. The molecule has 186 valence electrons. The van der Waals surface area contributed by atoms with Crippen LogP contribution in [0.3, 0.4) is 0 Å². The molecule has 4 N–H and O–H groups in total. The molecular formula is C26H23F3N4O3. The molecule has 0 atom stereocenters. The van der Waals surface area contributed by atoms with E-state index in [1.54, 1.807) is 54.6 Å². The molecule has 4 rings (SSSR count). The summed E-state index contributed by atoms with van der Waals surface area (Å²) in [7, 11) is 0. The molecule has 0 aliphatic heterocycles. The largest absolute Gasteiger partial charge is 0.418 e. The van der Waals surface area contributed by atoms with E-state index in [0.717, 1.165) is 25.0 Å². The van der Waals surface area contributed by atoms with Crippen LogP contribution in [0.1, 0.15) is 39.1 Å². The third-order valence-corrected chi connectivity index (χ3v) is 5.42. The summed E-state index contributed by atoms with van der Waals surface area (Å²) in [5.41, 5.74) is -0.567. The summed E-state index contributed by atoms with van der Waals surface area (Å²) in [5.74, 6) is -1.50.